The van der Waals surface area contributed by atoms with Gasteiger partial charge in [-0.15, -0.1) is 0 Å². The molecule has 1 N–H and O–H groups in total. The van der Waals surface area contributed by atoms with Crippen molar-refractivity contribution >= 4 is 5.91 Å². The molecule has 1 unspecified atom stereocenters. The number of unbranched alkanes of at least 4 members (excludes halogenated alkanes) is 3. The van der Waals surface area contributed by atoms with Gasteiger partial charge < -0.3 is 10.2 Å². The van der Waals surface area contributed by atoms with Crippen LogP contribution in [-0.2, 0) is 16.6 Å². The maximum absolute atomic E-state index is 13.1. The molecule has 0 heterocycles. The Morgan fingerprint density at radius 3 is 2.67 bits per heavy atom. The summed E-state index contributed by atoms with van der Waals surface area (Å²) in [5.41, 5.74) is 4.68. The summed E-state index contributed by atoms with van der Waals surface area (Å²) in [7, 11) is 4.26. The molecule has 0 radical (unpaired) electrons. The molecule has 0 aromatic heterocycles. The second kappa shape index (κ2) is 10.3. The molecule has 2 aliphatic rings. The normalized spacial score (nSPS) is 25.8. The zero-order chi connectivity index (χ0) is 21.7. The molecule has 1 aromatic carbocycles. The van der Waals surface area contributed by atoms with Gasteiger partial charge in [0.15, 0.2) is 0 Å². The van der Waals surface area contributed by atoms with E-state index < -0.39 is 0 Å². The predicted molar refractivity (Wildman–Crippen MR) is 127 cm³/mol. The summed E-state index contributed by atoms with van der Waals surface area (Å²) in [5.74, 6) is 1.58. The lowest BCUT2D eigenvalue weighted by molar-refractivity contribution is -0.129. The number of fused-ring (bicyclic) bond motifs is 3. The van der Waals surface area contributed by atoms with Crippen molar-refractivity contribution in [2.75, 3.05) is 27.2 Å². The largest absolute Gasteiger partial charge is 0.356 e. The van der Waals surface area contributed by atoms with Crippen LogP contribution in [0.5, 0.6) is 0 Å². The Balaban J connectivity index is 1.57. The van der Waals surface area contributed by atoms with Crippen molar-refractivity contribution < 1.29 is 4.79 Å². The van der Waals surface area contributed by atoms with Gasteiger partial charge in [0.1, 0.15) is 0 Å². The minimum atomic E-state index is 0.162. The van der Waals surface area contributed by atoms with Crippen molar-refractivity contribution in [3.05, 3.63) is 34.9 Å². The van der Waals surface area contributed by atoms with Gasteiger partial charge in [-0.05, 0) is 93.1 Å². The molecular weight excluding hydrogens is 368 g/mol. The third-order valence-corrected chi connectivity index (χ3v) is 7.82. The van der Waals surface area contributed by atoms with E-state index in [4.69, 9.17) is 0 Å². The first-order chi connectivity index (χ1) is 14.3. The van der Waals surface area contributed by atoms with Crippen LogP contribution in [0.3, 0.4) is 0 Å². The number of carbonyl (C=O) groups is 1. The molecule has 0 bridgehead atoms. The van der Waals surface area contributed by atoms with Gasteiger partial charge in [-0.25, -0.2) is 0 Å². The van der Waals surface area contributed by atoms with Crippen molar-refractivity contribution in [3.8, 4) is 0 Å². The molecule has 1 amide bonds. The second-order valence-corrected chi connectivity index (χ2v) is 10.6. The minimum Gasteiger partial charge on any atom is -0.356 e. The van der Waals surface area contributed by atoms with Crippen molar-refractivity contribution in [1.82, 2.24) is 10.2 Å². The molecule has 1 saturated carbocycles. The average molecular weight is 413 g/mol. The molecular formula is C27H44N2O. The van der Waals surface area contributed by atoms with Gasteiger partial charge in [0.05, 0.1) is 0 Å². The van der Waals surface area contributed by atoms with E-state index in [0.29, 0.717) is 17.7 Å². The van der Waals surface area contributed by atoms with E-state index >= 15 is 0 Å². The zero-order valence-electron chi connectivity index (χ0n) is 20.1. The van der Waals surface area contributed by atoms with Crippen LogP contribution in [0.15, 0.2) is 18.2 Å². The van der Waals surface area contributed by atoms with E-state index in [1.165, 1.54) is 43.2 Å². The number of nitrogens with zero attached hydrogens (tertiary/aromatic N) is 1. The van der Waals surface area contributed by atoms with E-state index in [1.807, 2.05) is 0 Å². The van der Waals surface area contributed by atoms with Gasteiger partial charge in [-0.1, -0.05) is 58.2 Å². The molecule has 1 aromatic rings. The maximum Gasteiger partial charge on any atom is 0.223 e. The molecule has 0 aliphatic heterocycles. The van der Waals surface area contributed by atoms with Crippen LogP contribution in [0.25, 0.3) is 0 Å². The fourth-order valence-corrected chi connectivity index (χ4v) is 5.98. The Morgan fingerprint density at radius 1 is 1.17 bits per heavy atom. The van der Waals surface area contributed by atoms with E-state index in [-0.39, 0.29) is 11.3 Å². The highest BCUT2D eigenvalue weighted by Gasteiger charge is 2.48. The Labute approximate surface area is 185 Å². The highest BCUT2D eigenvalue weighted by atomic mass is 16.1. The number of nitrogens with one attached hydrogen (secondary N) is 1. The summed E-state index contributed by atoms with van der Waals surface area (Å²) in [6.45, 7) is 9.00. The van der Waals surface area contributed by atoms with Crippen LogP contribution in [0, 0.1) is 11.8 Å². The minimum absolute atomic E-state index is 0.162. The topological polar surface area (TPSA) is 32.3 Å². The van der Waals surface area contributed by atoms with Gasteiger partial charge in [-0.3, -0.25) is 4.79 Å². The number of aryl methyl sites for hydroxylation is 1. The first kappa shape index (κ1) is 23.3. The highest BCUT2D eigenvalue weighted by Crippen LogP contribution is 2.52. The molecule has 1 fully saturated rings. The number of amides is 1. The monoisotopic (exact) mass is 412 g/mol. The lowest BCUT2D eigenvalue weighted by Gasteiger charge is -2.50. The quantitative estimate of drug-likeness (QED) is 0.530. The van der Waals surface area contributed by atoms with Crippen LogP contribution >= 0.6 is 0 Å². The number of rotatable bonds is 9. The Kier molecular flexibility index (Phi) is 8.01. The zero-order valence-corrected chi connectivity index (χ0v) is 20.1. The lowest BCUT2D eigenvalue weighted by Crippen LogP contribution is -2.49. The highest BCUT2D eigenvalue weighted by molar-refractivity contribution is 5.79. The van der Waals surface area contributed by atoms with Gasteiger partial charge in [0, 0.05) is 12.5 Å². The first-order valence-corrected chi connectivity index (χ1v) is 12.4. The maximum atomic E-state index is 13.1. The van der Waals surface area contributed by atoms with Crippen LogP contribution in [0.4, 0.5) is 0 Å². The SMILES string of the molecule is CC(C)c1ccc2c(c1)CCC1[C@@H](C(=O)NCCCCCCN(C)C)CCC[C@@]21C. The van der Waals surface area contributed by atoms with Crippen molar-refractivity contribution in [1.29, 1.82) is 0 Å². The van der Waals surface area contributed by atoms with E-state index in [1.54, 1.807) is 5.56 Å². The van der Waals surface area contributed by atoms with Gasteiger partial charge in [0.25, 0.3) is 0 Å². The van der Waals surface area contributed by atoms with Gasteiger partial charge in [-0.2, -0.15) is 0 Å². The standard InChI is InChI=1S/C27H44N2O/c1-20(2)21-12-14-24-22(19-21)13-15-25-23(11-10-16-27(24,25)3)26(30)28-17-8-6-7-9-18-29(4)5/h12,14,19-20,23,25H,6-11,13,15-18H2,1-5H3,(H,28,30)/t23-,25?,27-/m0/s1. The van der Waals surface area contributed by atoms with Crippen molar-refractivity contribution in [3.63, 3.8) is 0 Å². The molecule has 3 nitrogen and oxygen atoms in total. The predicted octanol–water partition coefficient (Wildman–Crippen LogP) is 5.67. The summed E-state index contributed by atoms with van der Waals surface area (Å²) in [6.07, 6.45) is 10.6. The summed E-state index contributed by atoms with van der Waals surface area (Å²) in [5, 5.41) is 3.30. The lowest BCUT2D eigenvalue weighted by atomic mass is 9.54. The van der Waals surface area contributed by atoms with Crippen LogP contribution < -0.4 is 5.32 Å². The average Bonchev–Trinajstić information content (AvgIpc) is 2.71. The molecule has 168 valence electrons. The number of hydrogen-bond acceptors (Lipinski definition) is 2. The Bertz CT molecular complexity index is 711. The first-order valence-electron chi connectivity index (χ1n) is 12.4. The molecule has 2 aliphatic carbocycles. The summed E-state index contributed by atoms with van der Waals surface area (Å²) < 4.78 is 0. The van der Waals surface area contributed by atoms with E-state index in [9.17, 15) is 4.79 Å². The van der Waals surface area contributed by atoms with E-state index in [0.717, 1.165) is 38.8 Å². The van der Waals surface area contributed by atoms with Gasteiger partial charge in [0.2, 0.25) is 5.91 Å². The third-order valence-electron chi connectivity index (χ3n) is 7.82. The molecule has 30 heavy (non-hydrogen) atoms. The molecule has 0 saturated heterocycles. The Hall–Kier alpha value is -1.35. The number of benzene rings is 1. The summed E-state index contributed by atoms with van der Waals surface area (Å²) in [6, 6.07) is 7.17. The second-order valence-electron chi connectivity index (χ2n) is 10.6. The molecule has 3 rings (SSSR count). The van der Waals surface area contributed by atoms with Gasteiger partial charge >= 0.3 is 0 Å². The van der Waals surface area contributed by atoms with Crippen molar-refractivity contribution in [2.45, 2.75) is 89.9 Å². The van der Waals surface area contributed by atoms with E-state index in [2.05, 4.69) is 63.3 Å². The van der Waals surface area contributed by atoms with Crippen LogP contribution in [0.1, 0.15) is 94.7 Å². The third kappa shape index (κ3) is 5.28. The number of carbonyl (C=O) groups excluding carboxylic acids is 1. The fourth-order valence-electron chi connectivity index (χ4n) is 5.98. The molecule has 0 spiro atoms. The van der Waals surface area contributed by atoms with Crippen LogP contribution in [0.2, 0.25) is 0 Å². The van der Waals surface area contributed by atoms with Crippen molar-refractivity contribution in [2.24, 2.45) is 11.8 Å². The number of hydrogen-bond donors (Lipinski definition) is 1. The molecule has 3 heteroatoms. The molecule has 3 atom stereocenters. The summed E-state index contributed by atoms with van der Waals surface area (Å²) >= 11 is 0. The Morgan fingerprint density at radius 2 is 1.93 bits per heavy atom. The fraction of sp³-hybridized carbons (Fsp3) is 0.741. The van der Waals surface area contributed by atoms with Crippen LogP contribution in [-0.4, -0.2) is 38.0 Å². The summed E-state index contributed by atoms with van der Waals surface area (Å²) in [4.78, 5) is 15.4. The smallest absolute Gasteiger partial charge is 0.223 e.